The zero-order valence-electron chi connectivity index (χ0n) is 21.0. The van der Waals surface area contributed by atoms with Gasteiger partial charge in [-0.05, 0) is 60.2 Å². The highest BCUT2D eigenvalue weighted by molar-refractivity contribution is 5.90. The summed E-state index contributed by atoms with van der Waals surface area (Å²) in [6.45, 7) is 2.07. The average Bonchev–Trinajstić information content (AvgIpc) is 3.63. The van der Waals surface area contributed by atoms with E-state index in [1.165, 1.54) is 6.07 Å². The van der Waals surface area contributed by atoms with Gasteiger partial charge in [-0.25, -0.2) is 19.3 Å². The molecule has 1 saturated heterocycles. The second-order valence-corrected chi connectivity index (χ2v) is 10.2. The largest absolute Gasteiger partial charge is 0.494 e. The minimum absolute atomic E-state index is 0.161. The third-order valence-electron chi connectivity index (χ3n) is 8.44. The minimum Gasteiger partial charge on any atom is -0.494 e. The number of benzene rings is 2. The van der Waals surface area contributed by atoms with Gasteiger partial charge in [-0.15, -0.1) is 0 Å². The number of rotatable bonds is 5. The van der Waals surface area contributed by atoms with Gasteiger partial charge in [0.15, 0.2) is 5.65 Å². The standard InChI is InChI=1S/C30H27FN6O/c1-38-26-14-19(13-18-5-4-11-33-28(18)26)24-8-9-25-29(36-24)34-15-27(35-25)37-12-10-20-22(16-37)30(20,17-32)21-6-2-3-7-23(21)31/h2-9,11,13-15,20,22H,10,12,16-17,32H2,1H3/t20-,22+,30-/m1/s1. The van der Waals surface area contributed by atoms with E-state index >= 15 is 0 Å². The Morgan fingerprint density at radius 2 is 1.95 bits per heavy atom. The molecule has 0 amide bonds. The van der Waals surface area contributed by atoms with Gasteiger partial charge in [0.05, 0.1) is 19.0 Å². The number of anilines is 1. The van der Waals surface area contributed by atoms with Crippen LogP contribution in [0.4, 0.5) is 10.2 Å². The van der Waals surface area contributed by atoms with Crippen LogP contribution in [0.2, 0.25) is 0 Å². The monoisotopic (exact) mass is 506 g/mol. The van der Waals surface area contributed by atoms with Crippen molar-refractivity contribution in [1.29, 1.82) is 0 Å². The van der Waals surface area contributed by atoms with Gasteiger partial charge in [-0.1, -0.05) is 24.3 Å². The predicted molar refractivity (Wildman–Crippen MR) is 146 cm³/mol. The second-order valence-electron chi connectivity index (χ2n) is 10.2. The van der Waals surface area contributed by atoms with E-state index in [1.807, 2.05) is 42.5 Å². The van der Waals surface area contributed by atoms with Crippen molar-refractivity contribution >= 4 is 27.9 Å². The molecule has 8 heteroatoms. The fourth-order valence-electron chi connectivity index (χ4n) is 6.51. The summed E-state index contributed by atoms with van der Waals surface area (Å²) in [4.78, 5) is 21.1. The molecule has 1 aliphatic carbocycles. The topological polar surface area (TPSA) is 90.0 Å². The van der Waals surface area contributed by atoms with Crippen LogP contribution in [-0.2, 0) is 5.41 Å². The Balaban J connectivity index is 1.17. The lowest BCUT2D eigenvalue weighted by Gasteiger charge is -2.27. The van der Waals surface area contributed by atoms with Crippen LogP contribution < -0.4 is 15.4 Å². The van der Waals surface area contributed by atoms with Crippen molar-refractivity contribution in [3.05, 3.63) is 84.4 Å². The van der Waals surface area contributed by atoms with Crippen molar-refractivity contribution in [3.63, 3.8) is 0 Å². The number of aromatic nitrogens is 4. The van der Waals surface area contributed by atoms with Crippen molar-refractivity contribution < 1.29 is 9.13 Å². The number of hydrogen-bond acceptors (Lipinski definition) is 7. The molecule has 0 radical (unpaired) electrons. The van der Waals surface area contributed by atoms with Crippen LogP contribution in [0.25, 0.3) is 33.3 Å². The minimum atomic E-state index is -0.294. The lowest BCUT2D eigenvalue weighted by molar-refractivity contribution is 0.419. The molecule has 2 aliphatic rings. The van der Waals surface area contributed by atoms with Gasteiger partial charge in [0.25, 0.3) is 0 Å². The highest BCUT2D eigenvalue weighted by Crippen LogP contribution is 2.63. The molecule has 4 heterocycles. The Labute approximate surface area is 219 Å². The average molecular weight is 507 g/mol. The van der Waals surface area contributed by atoms with Crippen LogP contribution in [0.15, 0.2) is 73.1 Å². The number of methoxy groups -OCH3 is 1. The molecule has 2 N–H and O–H groups in total. The number of nitrogens with two attached hydrogens (primary N) is 1. The summed E-state index contributed by atoms with van der Waals surface area (Å²) in [5, 5.41) is 0.984. The summed E-state index contributed by atoms with van der Waals surface area (Å²) >= 11 is 0. The van der Waals surface area contributed by atoms with E-state index in [9.17, 15) is 4.39 Å². The molecule has 7 rings (SSSR count). The summed E-state index contributed by atoms with van der Waals surface area (Å²) in [6.07, 6.45) is 4.50. The third-order valence-corrected chi connectivity index (χ3v) is 8.44. The lowest BCUT2D eigenvalue weighted by Crippen LogP contribution is -2.32. The summed E-state index contributed by atoms with van der Waals surface area (Å²) < 4.78 is 20.3. The van der Waals surface area contributed by atoms with Crippen LogP contribution in [0, 0.1) is 17.7 Å². The van der Waals surface area contributed by atoms with Crippen LogP contribution >= 0.6 is 0 Å². The van der Waals surface area contributed by atoms with Crippen molar-refractivity contribution in [1.82, 2.24) is 19.9 Å². The maximum absolute atomic E-state index is 14.7. The van der Waals surface area contributed by atoms with E-state index in [4.69, 9.17) is 20.4 Å². The normalized spacial score (nSPS) is 22.4. The molecule has 3 atom stereocenters. The van der Waals surface area contributed by atoms with Crippen molar-refractivity contribution in [2.75, 3.05) is 31.6 Å². The number of ether oxygens (including phenoxy) is 1. The summed E-state index contributed by atoms with van der Waals surface area (Å²) in [6, 6.07) is 18.9. The lowest BCUT2D eigenvalue weighted by atomic mass is 9.91. The fraction of sp³-hybridized carbons (Fsp3) is 0.267. The van der Waals surface area contributed by atoms with Crippen LogP contribution in [0.1, 0.15) is 12.0 Å². The van der Waals surface area contributed by atoms with Gasteiger partial charge in [-0.2, -0.15) is 0 Å². The second kappa shape index (κ2) is 8.70. The Morgan fingerprint density at radius 3 is 2.79 bits per heavy atom. The van der Waals surface area contributed by atoms with Gasteiger partial charge < -0.3 is 15.4 Å². The summed E-state index contributed by atoms with van der Waals surface area (Å²) in [5.74, 6) is 2.05. The van der Waals surface area contributed by atoms with Gasteiger partial charge >= 0.3 is 0 Å². The molecule has 1 aliphatic heterocycles. The molecule has 0 spiro atoms. The number of hydrogen-bond donors (Lipinski definition) is 1. The van der Waals surface area contributed by atoms with Crippen LogP contribution in [0.5, 0.6) is 5.75 Å². The zero-order valence-corrected chi connectivity index (χ0v) is 21.0. The molecule has 0 unspecified atom stereocenters. The fourth-order valence-corrected chi connectivity index (χ4v) is 6.51. The molecule has 7 nitrogen and oxygen atoms in total. The van der Waals surface area contributed by atoms with E-state index in [0.717, 1.165) is 58.6 Å². The Bertz CT molecular complexity index is 1690. The predicted octanol–water partition coefficient (Wildman–Crippen LogP) is 4.74. The number of halogens is 1. The van der Waals surface area contributed by atoms with Crippen molar-refractivity contribution in [2.24, 2.45) is 17.6 Å². The third kappa shape index (κ3) is 3.44. The smallest absolute Gasteiger partial charge is 0.178 e. The first kappa shape index (κ1) is 23.0. The first-order chi connectivity index (χ1) is 18.6. The summed E-state index contributed by atoms with van der Waals surface area (Å²) in [7, 11) is 1.65. The SMILES string of the molecule is COc1cc(-c2ccc3nc(N4CC[C@@H]5[C@H](C4)[C@@]5(CN)c4ccccc4F)cnc3n2)cc2cccnc12. The van der Waals surface area contributed by atoms with E-state index in [1.54, 1.807) is 25.6 Å². The molecule has 190 valence electrons. The number of nitrogens with zero attached hydrogens (tertiary/aromatic N) is 5. The summed E-state index contributed by atoms with van der Waals surface area (Å²) in [5.41, 5.74) is 10.6. The molecule has 2 aromatic carbocycles. The molecule has 2 fully saturated rings. The molecule has 5 aromatic rings. The quantitative estimate of drug-likeness (QED) is 0.368. The maximum atomic E-state index is 14.7. The van der Waals surface area contributed by atoms with E-state index in [0.29, 0.717) is 29.8 Å². The first-order valence-electron chi connectivity index (χ1n) is 12.9. The van der Waals surface area contributed by atoms with Gasteiger partial charge in [0, 0.05) is 42.2 Å². The molecule has 0 bridgehead atoms. The van der Waals surface area contributed by atoms with Gasteiger partial charge in [-0.3, -0.25) is 4.98 Å². The van der Waals surface area contributed by atoms with Crippen molar-refractivity contribution in [2.45, 2.75) is 11.8 Å². The molecular formula is C30H27FN6O. The maximum Gasteiger partial charge on any atom is 0.178 e. The van der Waals surface area contributed by atoms with E-state index in [-0.39, 0.29) is 11.2 Å². The molecule has 38 heavy (non-hydrogen) atoms. The highest BCUT2D eigenvalue weighted by Gasteiger charge is 2.66. The van der Waals surface area contributed by atoms with Gasteiger partial charge in [0.2, 0.25) is 0 Å². The Kier molecular flexibility index (Phi) is 5.26. The molecule has 3 aromatic heterocycles. The zero-order chi connectivity index (χ0) is 25.9. The number of pyridine rings is 2. The van der Waals surface area contributed by atoms with Crippen molar-refractivity contribution in [3.8, 4) is 17.0 Å². The Hall–Kier alpha value is -4.17. The molecule has 1 saturated carbocycles. The number of fused-ring (bicyclic) bond motifs is 3. The Morgan fingerprint density at radius 1 is 1.05 bits per heavy atom. The van der Waals surface area contributed by atoms with Crippen LogP contribution in [-0.4, -0.2) is 46.7 Å². The first-order valence-corrected chi connectivity index (χ1v) is 12.9. The highest BCUT2D eigenvalue weighted by atomic mass is 19.1. The van der Waals surface area contributed by atoms with E-state index in [2.05, 4.69) is 20.9 Å². The van der Waals surface area contributed by atoms with Gasteiger partial charge in [0.1, 0.15) is 28.4 Å². The van der Waals surface area contributed by atoms with Crippen LogP contribution in [0.3, 0.4) is 0 Å². The number of piperidine rings is 1. The molecular weight excluding hydrogens is 479 g/mol. The van der Waals surface area contributed by atoms with E-state index < -0.39 is 0 Å².